The van der Waals surface area contributed by atoms with Gasteiger partial charge in [0.1, 0.15) is 0 Å². The minimum atomic E-state index is 0.496. The van der Waals surface area contributed by atoms with Gasteiger partial charge < -0.3 is 10.3 Å². The molecular formula is C11H12ClN3O. The first-order valence-electron chi connectivity index (χ1n) is 5.00. The average molecular weight is 238 g/mol. The van der Waals surface area contributed by atoms with Gasteiger partial charge in [0.15, 0.2) is 0 Å². The molecule has 0 fully saturated rings. The number of benzene rings is 1. The van der Waals surface area contributed by atoms with E-state index in [2.05, 4.69) is 10.1 Å². The van der Waals surface area contributed by atoms with Crippen LogP contribution in [0.2, 0.25) is 5.02 Å². The normalized spacial score (nSPS) is 10.7. The minimum Gasteiger partial charge on any atom is -0.339 e. The van der Waals surface area contributed by atoms with E-state index in [0.717, 1.165) is 11.1 Å². The third-order valence-electron chi connectivity index (χ3n) is 2.26. The van der Waals surface area contributed by atoms with Crippen molar-refractivity contribution < 1.29 is 4.52 Å². The largest absolute Gasteiger partial charge is 0.339 e. The number of hydrogen-bond acceptors (Lipinski definition) is 4. The SMILES string of the molecule is Cc1ccc(-c2noc(CCN)n2)cc1Cl. The molecule has 2 rings (SSSR count). The Morgan fingerprint density at radius 3 is 2.94 bits per heavy atom. The van der Waals surface area contributed by atoms with Crippen LogP contribution < -0.4 is 5.73 Å². The molecular weight excluding hydrogens is 226 g/mol. The van der Waals surface area contributed by atoms with E-state index in [1.165, 1.54) is 0 Å². The second-order valence-electron chi connectivity index (χ2n) is 3.51. The van der Waals surface area contributed by atoms with Gasteiger partial charge in [-0.15, -0.1) is 0 Å². The van der Waals surface area contributed by atoms with Crippen molar-refractivity contribution in [1.29, 1.82) is 0 Å². The van der Waals surface area contributed by atoms with Crippen LogP contribution in [0.3, 0.4) is 0 Å². The Morgan fingerprint density at radius 2 is 2.25 bits per heavy atom. The Bertz CT molecular complexity index is 496. The first kappa shape index (κ1) is 11.1. The maximum absolute atomic E-state index is 6.03. The molecule has 0 unspecified atom stereocenters. The van der Waals surface area contributed by atoms with E-state index in [1.807, 2.05) is 25.1 Å². The average Bonchev–Trinajstić information content (AvgIpc) is 2.71. The summed E-state index contributed by atoms with van der Waals surface area (Å²) < 4.78 is 5.05. The summed E-state index contributed by atoms with van der Waals surface area (Å²) in [6.07, 6.45) is 0.590. The van der Waals surface area contributed by atoms with E-state index in [1.54, 1.807) is 0 Å². The highest BCUT2D eigenvalue weighted by Crippen LogP contribution is 2.23. The van der Waals surface area contributed by atoms with E-state index in [0.29, 0.717) is 29.7 Å². The second kappa shape index (κ2) is 4.63. The zero-order valence-electron chi connectivity index (χ0n) is 8.90. The number of hydrogen-bond donors (Lipinski definition) is 1. The highest BCUT2D eigenvalue weighted by molar-refractivity contribution is 6.31. The molecule has 2 N–H and O–H groups in total. The van der Waals surface area contributed by atoms with Gasteiger partial charge in [0.2, 0.25) is 11.7 Å². The summed E-state index contributed by atoms with van der Waals surface area (Å²) in [5, 5.41) is 4.57. The molecule has 0 radical (unpaired) electrons. The van der Waals surface area contributed by atoms with Gasteiger partial charge >= 0.3 is 0 Å². The number of aryl methyl sites for hydroxylation is 1. The van der Waals surface area contributed by atoms with Gasteiger partial charge in [-0.2, -0.15) is 4.98 Å². The highest BCUT2D eigenvalue weighted by Gasteiger charge is 2.08. The van der Waals surface area contributed by atoms with Gasteiger partial charge in [-0.3, -0.25) is 0 Å². The lowest BCUT2D eigenvalue weighted by atomic mass is 10.1. The summed E-state index contributed by atoms with van der Waals surface area (Å²) >= 11 is 6.03. The quantitative estimate of drug-likeness (QED) is 0.889. The monoisotopic (exact) mass is 237 g/mol. The lowest BCUT2D eigenvalue weighted by Crippen LogP contribution is -2.02. The van der Waals surface area contributed by atoms with Crippen LogP contribution in [0, 0.1) is 6.92 Å². The Labute approximate surface area is 98.4 Å². The molecule has 5 heteroatoms. The van der Waals surface area contributed by atoms with E-state index < -0.39 is 0 Å². The number of aromatic nitrogens is 2. The van der Waals surface area contributed by atoms with Crippen molar-refractivity contribution in [3.63, 3.8) is 0 Å². The fourth-order valence-corrected chi connectivity index (χ4v) is 1.51. The Morgan fingerprint density at radius 1 is 1.44 bits per heavy atom. The predicted octanol–water partition coefficient (Wildman–Crippen LogP) is 2.20. The molecule has 0 atom stereocenters. The zero-order chi connectivity index (χ0) is 11.5. The molecule has 0 bridgehead atoms. The maximum Gasteiger partial charge on any atom is 0.228 e. The van der Waals surface area contributed by atoms with Crippen LogP contribution in [0.25, 0.3) is 11.4 Å². The van der Waals surface area contributed by atoms with Gasteiger partial charge in [-0.25, -0.2) is 0 Å². The van der Waals surface area contributed by atoms with E-state index in [4.69, 9.17) is 21.9 Å². The second-order valence-corrected chi connectivity index (χ2v) is 3.92. The van der Waals surface area contributed by atoms with Gasteiger partial charge in [0.25, 0.3) is 0 Å². The van der Waals surface area contributed by atoms with E-state index >= 15 is 0 Å². The van der Waals surface area contributed by atoms with Crippen molar-refractivity contribution in [3.05, 3.63) is 34.7 Å². The van der Waals surface area contributed by atoms with Crippen molar-refractivity contribution in [2.75, 3.05) is 6.54 Å². The summed E-state index contributed by atoms with van der Waals surface area (Å²) in [5.74, 6) is 1.10. The summed E-state index contributed by atoms with van der Waals surface area (Å²) in [5.41, 5.74) is 7.28. The summed E-state index contributed by atoms with van der Waals surface area (Å²) in [6, 6.07) is 5.67. The third kappa shape index (κ3) is 2.23. The molecule has 2 aromatic rings. The molecule has 1 aromatic carbocycles. The first-order valence-corrected chi connectivity index (χ1v) is 5.37. The number of nitrogens with zero attached hydrogens (tertiary/aromatic N) is 2. The zero-order valence-corrected chi connectivity index (χ0v) is 9.66. The van der Waals surface area contributed by atoms with Gasteiger partial charge in [0, 0.05) is 23.6 Å². The van der Waals surface area contributed by atoms with Crippen LogP contribution in [0.4, 0.5) is 0 Å². The molecule has 1 aromatic heterocycles. The predicted molar refractivity (Wildman–Crippen MR) is 62.2 cm³/mol. The Kier molecular flexibility index (Phi) is 3.22. The number of nitrogens with two attached hydrogens (primary N) is 1. The summed E-state index contributed by atoms with van der Waals surface area (Å²) in [6.45, 7) is 2.44. The molecule has 84 valence electrons. The topological polar surface area (TPSA) is 64.9 Å². The molecule has 0 saturated heterocycles. The minimum absolute atomic E-state index is 0.496. The molecule has 0 aliphatic heterocycles. The summed E-state index contributed by atoms with van der Waals surface area (Å²) in [4.78, 5) is 4.22. The summed E-state index contributed by atoms with van der Waals surface area (Å²) in [7, 11) is 0. The van der Waals surface area contributed by atoms with Crippen molar-refractivity contribution in [2.24, 2.45) is 5.73 Å². The van der Waals surface area contributed by atoms with Crippen molar-refractivity contribution in [3.8, 4) is 11.4 Å². The molecule has 0 aliphatic rings. The van der Waals surface area contributed by atoms with Crippen LogP contribution in [-0.4, -0.2) is 16.7 Å². The van der Waals surface area contributed by atoms with Gasteiger partial charge in [-0.1, -0.05) is 28.9 Å². The molecule has 0 amide bonds. The van der Waals surface area contributed by atoms with Gasteiger partial charge in [0.05, 0.1) is 0 Å². The fourth-order valence-electron chi connectivity index (χ4n) is 1.33. The highest BCUT2D eigenvalue weighted by atomic mass is 35.5. The number of halogens is 1. The van der Waals surface area contributed by atoms with Gasteiger partial charge in [-0.05, 0) is 18.6 Å². The van der Waals surface area contributed by atoms with E-state index in [9.17, 15) is 0 Å². The molecule has 0 saturated carbocycles. The van der Waals surface area contributed by atoms with Crippen LogP contribution >= 0.6 is 11.6 Å². The van der Waals surface area contributed by atoms with Crippen molar-refractivity contribution >= 4 is 11.6 Å². The van der Waals surface area contributed by atoms with Crippen LogP contribution in [-0.2, 0) is 6.42 Å². The lowest BCUT2D eigenvalue weighted by Gasteiger charge is -1.98. The number of rotatable bonds is 3. The fraction of sp³-hybridized carbons (Fsp3) is 0.273. The molecule has 4 nitrogen and oxygen atoms in total. The van der Waals surface area contributed by atoms with E-state index in [-0.39, 0.29) is 0 Å². The van der Waals surface area contributed by atoms with Crippen LogP contribution in [0.1, 0.15) is 11.5 Å². The Balaban J connectivity index is 2.31. The first-order chi connectivity index (χ1) is 7.70. The molecule has 0 aliphatic carbocycles. The molecule has 0 spiro atoms. The smallest absolute Gasteiger partial charge is 0.228 e. The van der Waals surface area contributed by atoms with Crippen molar-refractivity contribution in [1.82, 2.24) is 10.1 Å². The maximum atomic E-state index is 6.03. The van der Waals surface area contributed by atoms with Crippen LogP contribution in [0.15, 0.2) is 22.7 Å². The van der Waals surface area contributed by atoms with Crippen LogP contribution in [0.5, 0.6) is 0 Å². The molecule has 16 heavy (non-hydrogen) atoms. The third-order valence-corrected chi connectivity index (χ3v) is 2.66. The molecule has 1 heterocycles. The standard InChI is InChI=1S/C11H12ClN3O/c1-7-2-3-8(6-9(7)12)11-14-10(4-5-13)16-15-11/h2-3,6H,4-5,13H2,1H3. The lowest BCUT2D eigenvalue weighted by molar-refractivity contribution is 0.380. The van der Waals surface area contributed by atoms with Crippen molar-refractivity contribution in [2.45, 2.75) is 13.3 Å². The Hall–Kier alpha value is -1.39.